The topological polar surface area (TPSA) is 17.8 Å². The molecule has 0 radical (unpaired) electrons. The predicted octanol–water partition coefficient (Wildman–Crippen LogP) is 5.80. The molecule has 1 aliphatic carbocycles. The van der Waals surface area contributed by atoms with Crippen molar-refractivity contribution in [2.75, 3.05) is 5.88 Å². The summed E-state index contributed by atoms with van der Waals surface area (Å²) in [7, 11) is 0. The van der Waals surface area contributed by atoms with Crippen LogP contribution in [0.1, 0.15) is 44.9 Å². The summed E-state index contributed by atoms with van der Waals surface area (Å²) in [4.78, 5) is 4.76. The lowest BCUT2D eigenvalue weighted by atomic mass is 9.82. The van der Waals surface area contributed by atoms with E-state index in [4.69, 9.17) is 39.8 Å². The maximum absolute atomic E-state index is 6.23. The molecule has 1 fully saturated rings. The molecule has 0 atom stereocenters. The molecule has 114 valence electrons. The van der Waals surface area contributed by atoms with E-state index in [1.165, 1.54) is 32.1 Å². The molecule has 5 heteroatoms. The third-order valence-electron chi connectivity index (χ3n) is 4.55. The highest BCUT2D eigenvalue weighted by Crippen LogP contribution is 2.39. The summed E-state index contributed by atoms with van der Waals surface area (Å²) in [6, 6.07) is 3.81. The van der Waals surface area contributed by atoms with Gasteiger partial charge in [-0.15, -0.1) is 11.6 Å². The van der Waals surface area contributed by atoms with Crippen LogP contribution in [0.15, 0.2) is 12.1 Å². The van der Waals surface area contributed by atoms with Gasteiger partial charge < -0.3 is 4.57 Å². The highest BCUT2D eigenvalue weighted by atomic mass is 35.5. The fraction of sp³-hybridized carbons (Fsp3) is 0.562. The fourth-order valence-electron chi connectivity index (χ4n) is 3.51. The summed E-state index contributed by atoms with van der Waals surface area (Å²) in [6.45, 7) is 2.33. The number of aryl methyl sites for hydroxylation is 1. The van der Waals surface area contributed by atoms with Crippen LogP contribution in [-0.4, -0.2) is 15.4 Å². The van der Waals surface area contributed by atoms with Gasteiger partial charge in [-0.2, -0.15) is 0 Å². The van der Waals surface area contributed by atoms with Crippen molar-refractivity contribution in [3.63, 3.8) is 0 Å². The van der Waals surface area contributed by atoms with Gasteiger partial charge in [0.05, 0.1) is 21.1 Å². The number of halogens is 3. The number of hydrogen-bond acceptors (Lipinski definition) is 1. The van der Waals surface area contributed by atoms with E-state index in [-0.39, 0.29) is 5.54 Å². The first-order chi connectivity index (χ1) is 10.0. The molecule has 1 aromatic carbocycles. The van der Waals surface area contributed by atoms with E-state index in [1.54, 1.807) is 0 Å². The first-order valence-corrected chi connectivity index (χ1v) is 8.77. The van der Waals surface area contributed by atoms with Gasteiger partial charge in [-0.1, -0.05) is 42.5 Å². The molecule has 0 amide bonds. The second-order valence-electron chi connectivity index (χ2n) is 6.12. The van der Waals surface area contributed by atoms with Crippen molar-refractivity contribution >= 4 is 45.8 Å². The minimum absolute atomic E-state index is 0.103. The number of alkyl halides is 1. The molecular formula is C16H19Cl3N2. The molecule has 0 N–H and O–H groups in total. The van der Waals surface area contributed by atoms with Crippen LogP contribution in [0.2, 0.25) is 10.0 Å². The molecule has 1 aliphatic rings. The number of benzene rings is 1. The third kappa shape index (κ3) is 2.78. The number of nitrogens with zero attached hydrogens (tertiary/aromatic N) is 2. The van der Waals surface area contributed by atoms with Gasteiger partial charge in [0.25, 0.3) is 0 Å². The number of aromatic nitrogens is 2. The van der Waals surface area contributed by atoms with Crippen molar-refractivity contribution in [1.29, 1.82) is 0 Å². The molecule has 0 spiro atoms. The van der Waals surface area contributed by atoms with Gasteiger partial charge in [0.2, 0.25) is 0 Å². The Bertz CT molecular complexity index is 657. The lowest BCUT2D eigenvalue weighted by Crippen LogP contribution is -2.34. The van der Waals surface area contributed by atoms with Crippen LogP contribution in [0.3, 0.4) is 0 Å². The Morgan fingerprint density at radius 2 is 1.81 bits per heavy atom. The van der Waals surface area contributed by atoms with Crippen LogP contribution in [0.5, 0.6) is 0 Å². The van der Waals surface area contributed by atoms with Crippen LogP contribution in [0.25, 0.3) is 11.0 Å². The smallest absolute Gasteiger partial charge is 0.111 e. The van der Waals surface area contributed by atoms with Gasteiger partial charge >= 0.3 is 0 Å². The predicted molar refractivity (Wildman–Crippen MR) is 90.9 cm³/mol. The lowest BCUT2D eigenvalue weighted by Gasteiger charge is -2.37. The van der Waals surface area contributed by atoms with Crippen molar-refractivity contribution < 1.29 is 0 Å². The molecule has 1 heterocycles. The number of hydrogen-bond donors (Lipinski definition) is 0. The van der Waals surface area contributed by atoms with Crippen molar-refractivity contribution in [2.24, 2.45) is 0 Å². The average molecular weight is 346 g/mol. The van der Waals surface area contributed by atoms with E-state index in [0.29, 0.717) is 15.9 Å². The Labute approximate surface area is 140 Å². The summed E-state index contributed by atoms with van der Waals surface area (Å²) in [5.74, 6) is 1.61. The lowest BCUT2D eigenvalue weighted by molar-refractivity contribution is 0.219. The molecule has 3 rings (SSSR count). The number of fused-ring (bicyclic) bond motifs is 1. The SMILES string of the molecule is CC1(n2c(CCCl)nc3cc(Cl)c(Cl)cc32)CCCCC1. The Balaban J connectivity index is 2.22. The average Bonchev–Trinajstić information content (AvgIpc) is 2.78. The first-order valence-electron chi connectivity index (χ1n) is 7.48. The van der Waals surface area contributed by atoms with Crippen LogP contribution < -0.4 is 0 Å². The summed E-state index contributed by atoms with van der Waals surface area (Å²) >= 11 is 18.3. The number of imidazole rings is 1. The number of rotatable bonds is 3. The van der Waals surface area contributed by atoms with E-state index < -0.39 is 0 Å². The molecule has 2 aromatic rings. The highest BCUT2D eigenvalue weighted by molar-refractivity contribution is 6.42. The Morgan fingerprint density at radius 3 is 2.48 bits per heavy atom. The fourth-order valence-corrected chi connectivity index (χ4v) is 4.00. The molecule has 2 nitrogen and oxygen atoms in total. The van der Waals surface area contributed by atoms with Crippen molar-refractivity contribution in [3.05, 3.63) is 28.0 Å². The Hall–Kier alpha value is -0.440. The molecular weight excluding hydrogens is 327 g/mol. The maximum atomic E-state index is 6.23. The molecule has 0 aliphatic heterocycles. The molecule has 21 heavy (non-hydrogen) atoms. The van der Waals surface area contributed by atoms with E-state index in [9.17, 15) is 0 Å². The zero-order chi connectivity index (χ0) is 15.0. The van der Waals surface area contributed by atoms with E-state index in [0.717, 1.165) is 23.3 Å². The van der Waals surface area contributed by atoms with E-state index >= 15 is 0 Å². The van der Waals surface area contributed by atoms with Gasteiger partial charge in [0.15, 0.2) is 0 Å². The van der Waals surface area contributed by atoms with Crippen LogP contribution in [0.4, 0.5) is 0 Å². The normalized spacial score (nSPS) is 18.3. The van der Waals surface area contributed by atoms with Gasteiger partial charge in [-0.05, 0) is 31.9 Å². The van der Waals surface area contributed by atoms with Gasteiger partial charge in [-0.3, -0.25) is 0 Å². The van der Waals surface area contributed by atoms with Crippen molar-refractivity contribution in [3.8, 4) is 0 Å². The van der Waals surface area contributed by atoms with Crippen molar-refractivity contribution in [2.45, 2.75) is 51.0 Å². The van der Waals surface area contributed by atoms with Crippen LogP contribution in [-0.2, 0) is 12.0 Å². The quantitative estimate of drug-likeness (QED) is 0.642. The minimum Gasteiger partial charge on any atom is -0.322 e. The highest BCUT2D eigenvalue weighted by Gasteiger charge is 2.32. The Morgan fingerprint density at radius 1 is 1.14 bits per heavy atom. The monoisotopic (exact) mass is 344 g/mol. The molecule has 1 saturated carbocycles. The van der Waals surface area contributed by atoms with Gasteiger partial charge in [-0.25, -0.2) is 4.98 Å². The Kier molecular flexibility index (Phi) is 4.40. The van der Waals surface area contributed by atoms with E-state index in [2.05, 4.69) is 11.5 Å². The summed E-state index contributed by atoms with van der Waals surface area (Å²) in [5, 5.41) is 1.14. The maximum Gasteiger partial charge on any atom is 0.111 e. The first kappa shape index (κ1) is 15.5. The summed E-state index contributed by atoms with van der Waals surface area (Å²) < 4.78 is 2.37. The minimum atomic E-state index is 0.103. The van der Waals surface area contributed by atoms with Crippen LogP contribution in [0, 0.1) is 0 Å². The van der Waals surface area contributed by atoms with Gasteiger partial charge in [0.1, 0.15) is 5.82 Å². The molecule has 0 saturated heterocycles. The summed E-state index contributed by atoms with van der Waals surface area (Å²) in [5.41, 5.74) is 2.09. The second kappa shape index (κ2) is 5.98. The second-order valence-corrected chi connectivity index (χ2v) is 7.31. The van der Waals surface area contributed by atoms with E-state index in [1.807, 2.05) is 12.1 Å². The zero-order valence-corrected chi connectivity index (χ0v) is 14.4. The zero-order valence-electron chi connectivity index (χ0n) is 12.1. The molecule has 0 unspecified atom stereocenters. The van der Waals surface area contributed by atoms with Crippen LogP contribution >= 0.6 is 34.8 Å². The van der Waals surface area contributed by atoms with Gasteiger partial charge in [0, 0.05) is 17.8 Å². The standard InChI is InChI=1S/C16H19Cl3N2/c1-16(6-3-2-4-7-16)21-14-10-12(19)11(18)9-13(14)20-15(21)5-8-17/h9-10H,2-8H2,1H3. The largest absolute Gasteiger partial charge is 0.322 e. The third-order valence-corrected chi connectivity index (χ3v) is 5.47. The molecule has 1 aromatic heterocycles. The molecule has 0 bridgehead atoms. The summed E-state index contributed by atoms with van der Waals surface area (Å²) in [6.07, 6.45) is 6.96. The van der Waals surface area contributed by atoms with Crippen molar-refractivity contribution in [1.82, 2.24) is 9.55 Å².